The number of nitrogens with zero attached hydrogens (tertiary/aromatic N) is 2. The zero-order chi connectivity index (χ0) is 15.0. The fourth-order valence-electron chi connectivity index (χ4n) is 1.76. The molecule has 21 heavy (non-hydrogen) atoms. The Morgan fingerprint density at radius 1 is 0.667 bits per heavy atom. The lowest BCUT2D eigenvalue weighted by atomic mass is 10.2. The minimum absolute atomic E-state index is 0.258. The molecule has 0 fully saturated rings. The smallest absolute Gasteiger partial charge is 0.249 e. The van der Waals surface area contributed by atoms with Crippen molar-refractivity contribution in [2.45, 2.75) is 0 Å². The van der Waals surface area contributed by atoms with Crippen LogP contribution in [0.5, 0.6) is 0 Å². The van der Waals surface area contributed by atoms with Crippen LogP contribution in [0, 0.1) is 0 Å². The summed E-state index contributed by atoms with van der Waals surface area (Å²) in [6.45, 7) is 0. The normalized spacial score (nSPS) is 10.9. The second-order valence-electron chi connectivity index (χ2n) is 4.16. The minimum atomic E-state index is 0.258. The first-order valence-corrected chi connectivity index (χ1v) is 7.30. The van der Waals surface area contributed by atoms with Gasteiger partial charge in [0.25, 0.3) is 0 Å². The van der Waals surface area contributed by atoms with Crippen LogP contribution in [0.2, 0.25) is 20.1 Å². The molecule has 2 aromatic carbocycles. The van der Waals surface area contributed by atoms with Gasteiger partial charge in [0.2, 0.25) is 11.8 Å². The van der Waals surface area contributed by atoms with Crippen molar-refractivity contribution in [1.29, 1.82) is 0 Å². The van der Waals surface area contributed by atoms with Gasteiger partial charge in [-0.1, -0.05) is 46.4 Å². The molecule has 0 aliphatic carbocycles. The summed E-state index contributed by atoms with van der Waals surface area (Å²) >= 11 is 24.1. The third-order valence-electron chi connectivity index (χ3n) is 2.74. The third kappa shape index (κ3) is 3.01. The summed E-state index contributed by atoms with van der Waals surface area (Å²) in [5.41, 5.74) is 1.11. The topological polar surface area (TPSA) is 38.9 Å². The summed E-state index contributed by atoms with van der Waals surface area (Å²) in [5.74, 6) is 0.516. The van der Waals surface area contributed by atoms with E-state index >= 15 is 0 Å². The molecular formula is C14H6Cl4N2O. The van der Waals surface area contributed by atoms with Crippen LogP contribution >= 0.6 is 46.4 Å². The fourth-order valence-corrected chi connectivity index (χ4v) is 2.50. The second-order valence-corrected chi connectivity index (χ2v) is 5.85. The van der Waals surface area contributed by atoms with Crippen LogP contribution in [0.4, 0.5) is 0 Å². The Morgan fingerprint density at radius 2 is 1.10 bits per heavy atom. The summed E-state index contributed by atoms with van der Waals surface area (Å²) in [4.78, 5) is 0. The van der Waals surface area contributed by atoms with E-state index in [0.717, 1.165) is 0 Å². The molecule has 0 saturated carbocycles. The van der Waals surface area contributed by atoms with Gasteiger partial charge in [0.15, 0.2) is 0 Å². The van der Waals surface area contributed by atoms with Crippen molar-refractivity contribution in [1.82, 2.24) is 10.2 Å². The van der Waals surface area contributed by atoms with Crippen LogP contribution in [0.15, 0.2) is 40.8 Å². The van der Waals surface area contributed by atoms with Gasteiger partial charge in [0.1, 0.15) is 0 Å². The van der Waals surface area contributed by atoms with E-state index in [0.29, 0.717) is 31.2 Å². The zero-order valence-corrected chi connectivity index (χ0v) is 13.3. The molecule has 0 saturated heterocycles. The highest BCUT2D eigenvalue weighted by Gasteiger charge is 2.16. The summed E-state index contributed by atoms with van der Waals surface area (Å²) in [6.07, 6.45) is 0. The number of hydrogen-bond donors (Lipinski definition) is 0. The van der Waals surface area contributed by atoms with Crippen molar-refractivity contribution in [2.24, 2.45) is 0 Å². The second kappa shape index (κ2) is 5.85. The molecule has 0 N–H and O–H groups in total. The van der Waals surface area contributed by atoms with Crippen molar-refractivity contribution in [3.05, 3.63) is 56.5 Å². The summed E-state index contributed by atoms with van der Waals surface area (Å²) in [5, 5.41) is 9.92. The van der Waals surface area contributed by atoms with Crippen LogP contribution in [0.3, 0.4) is 0 Å². The number of rotatable bonds is 2. The molecule has 3 aromatic rings. The predicted octanol–water partition coefficient (Wildman–Crippen LogP) is 6.02. The number of hydrogen-bond acceptors (Lipinski definition) is 3. The zero-order valence-electron chi connectivity index (χ0n) is 10.3. The highest BCUT2D eigenvalue weighted by molar-refractivity contribution is 6.35. The molecule has 0 spiro atoms. The molecular weight excluding hydrogens is 354 g/mol. The van der Waals surface area contributed by atoms with Gasteiger partial charge >= 0.3 is 0 Å². The maximum atomic E-state index is 6.11. The van der Waals surface area contributed by atoms with Gasteiger partial charge in [-0.15, -0.1) is 10.2 Å². The predicted molar refractivity (Wildman–Crippen MR) is 85.2 cm³/mol. The van der Waals surface area contributed by atoms with Gasteiger partial charge in [-0.05, 0) is 36.4 Å². The van der Waals surface area contributed by atoms with Gasteiger partial charge in [0.05, 0.1) is 21.2 Å². The number of aromatic nitrogens is 2. The Balaban J connectivity index is 2.08. The first-order chi connectivity index (χ1) is 10.0. The lowest BCUT2D eigenvalue weighted by Crippen LogP contribution is -1.80. The molecule has 1 heterocycles. The van der Waals surface area contributed by atoms with E-state index in [1.807, 2.05) is 0 Å². The van der Waals surface area contributed by atoms with Crippen molar-refractivity contribution in [2.75, 3.05) is 0 Å². The standard InChI is InChI=1S/C14H6Cl4N2O/c15-7-1-3-11(17)9(5-7)13-19-20-14(21-13)10-6-8(16)2-4-12(10)18/h1-6H. The van der Waals surface area contributed by atoms with Gasteiger partial charge < -0.3 is 4.42 Å². The lowest BCUT2D eigenvalue weighted by molar-refractivity contribution is 0.584. The van der Waals surface area contributed by atoms with Crippen LogP contribution in [-0.4, -0.2) is 10.2 Å². The number of halogens is 4. The van der Waals surface area contributed by atoms with E-state index in [9.17, 15) is 0 Å². The van der Waals surface area contributed by atoms with Crippen LogP contribution in [0.1, 0.15) is 0 Å². The quantitative estimate of drug-likeness (QED) is 0.561. The van der Waals surface area contributed by atoms with Crippen LogP contribution in [-0.2, 0) is 0 Å². The molecule has 3 rings (SSSR count). The number of benzene rings is 2. The Morgan fingerprint density at radius 3 is 1.52 bits per heavy atom. The maximum absolute atomic E-state index is 6.11. The van der Waals surface area contributed by atoms with Gasteiger partial charge in [0, 0.05) is 10.0 Å². The van der Waals surface area contributed by atoms with Crippen molar-refractivity contribution < 1.29 is 4.42 Å². The van der Waals surface area contributed by atoms with Crippen molar-refractivity contribution >= 4 is 46.4 Å². The lowest BCUT2D eigenvalue weighted by Gasteiger charge is -2.00. The monoisotopic (exact) mass is 358 g/mol. The Hall–Kier alpha value is -1.26. The third-order valence-corrected chi connectivity index (χ3v) is 3.87. The molecule has 0 bridgehead atoms. The van der Waals surface area contributed by atoms with E-state index in [2.05, 4.69) is 10.2 Å². The molecule has 0 aliphatic rings. The highest BCUT2D eigenvalue weighted by Crippen LogP contribution is 2.34. The van der Waals surface area contributed by atoms with Gasteiger partial charge in [-0.25, -0.2) is 0 Å². The van der Waals surface area contributed by atoms with Crippen molar-refractivity contribution in [3.63, 3.8) is 0 Å². The summed E-state index contributed by atoms with van der Waals surface area (Å²) in [7, 11) is 0. The summed E-state index contributed by atoms with van der Waals surface area (Å²) in [6, 6.07) is 9.99. The van der Waals surface area contributed by atoms with E-state index in [4.69, 9.17) is 50.8 Å². The Labute approximate surface area is 140 Å². The van der Waals surface area contributed by atoms with E-state index in [-0.39, 0.29) is 11.8 Å². The first kappa shape index (κ1) is 14.7. The molecule has 1 aromatic heterocycles. The minimum Gasteiger partial charge on any atom is -0.416 e. The molecule has 0 amide bonds. The van der Waals surface area contributed by atoms with Gasteiger partial charge in [-0.3, -0.25) is 0 Å². The molecule has 0 unspecified atom stereocenters. The molecule has 7 heteroatoms. The molecule has 0 atom stereocenters. The molecule has 0 radical (unpaired) electrons. The highest BCUT2D eigenvalue weighted by atomic mass is 35.5. The molecule has 106 valence electrons. The van der Waals surface area contributed by atoms with E-state index in [1.165, 1.54) is 0 Å². The van der Waals surface area contributed by atoms with Crippen molar-refractivity contribution in [3.8, 4) is 22.9 Å². The molecule has 0 aliphatic heterocycles. The van der Waals surface area contributed by atoms with E-state index in [1.54, 1.807) is 36.4 Å². The summed E-state index contributed by atoms with van der Waals surface area (Å²) < 4.78 is 5.62. The van der Waals surface area contributed by atoms with Crippen LogP contribution < -0.4 is 0 Å². The average Bonchev–Trinajstić information content (AvgIpc) is 2.93. The Bertz CT molecular complexity index is 750. The largest absolute Gasteiger partial charge is 0.416 e. The first-order valence-electron chi connectivity index (χ1n) is 5.79. The fraction of sp³-hybridized carbons (Fsp3) is 0. The van der Waals surface area contributed by atoms with Crippen LogP contribution in [0.25, 0.3) is 22.9 Å². The SMILES string of the molecule is Clc1ccc(Cl)c(-c2nnc(-c3cc(Cl)ccc3Cl)o2)c1. The van der Waals surface area contributed by atoms with Gasteiger partial charge in [-0.2, -0.15) is 0 Å². The molecule has 3 nitrogen and oxygen atoms in total. The average molecular weight is 360 g/mol. The van der Waals surface area contributed by atoms with E-state index < -0.39 is 0 Å². The Kier molecular flexibility index (Phi) is 4.09. The maximum Gasteiger partial charge on any atom is 0.249 e.